The molecule has 0 aromatic heterocycles. The van der Waals surface area contributed by atoms with Gasteiger partial charge in [-0.2, -0.15) is 0 Å². The average Bonchev–Trinajstić information content (AvgIpc) is 2.34. The molecule has 3 nitrogen and oxygen atoms in total. The lowest BCUT2D eigenvalue weighted by molar-refractivity contribution is -0.0462. The molecule has 1 saturated heterocycles. The van der Waals surface area contributed by atoms with Gasteiger partial charge in [0.05, 0.1) is 18.5 Å². The van der Waals surface area contributed by atoms with E-state index >= 15 is 0 Å². The van der Waals surface area contributed by atoms with Crippen molar-refractivity contribution in [3.05, 3.63) is 0 Å². The second kappa shape index (κ2) is 3.51. The van der Waals surface area contributed by atoms with Gasteiger partial charge in [-0.25, -0.2) is 0 Å². The summed E-state index contributed by atoms with van der Waals surface area (Å²) in [4.78, 5) is 0. The Morgan fingerprint density at radius 3 is 2.78 bits per heavy atom. The van der Waals surface area contributed by atoms with Crippen LogP contribution in [0.2, 0.25) is 0 Å². The van der Waals surface area contributed by atoms with Crippen molar-refractivity contribution in [1.82, 2.24) is 0 Å². The molecule has 1 aliphatic heterocycles. The largest absolute Gasteiger partial charge is 0.394 e. The Morgan fingerprint density at radius 1 is 1.67 bits per heavy atom. The molecule has 54 valence electrons. The molecule has 1 aliphatic rings. The van der Waals surface area contributed by atoms with Crippen molar-refractivity contribution in [1.29, 1.82) is 0 Å². The van der Waals surface area contributed by atoms with Crippen LogP contribution in [0.15, 0.2) is 0 Å². The summed E-state index contributed by atoms with van der Waals surface area (Å²) in [6.07, 6.45) is -0.283. The van der Waals surface area contributed by atoms with E-state index in [4.69, 9.17) is 14.6 Å². The second-order valence-corrected chi connectivity index (χ2v) is 2.51. The Morgan fingerprint density at radius 2 is 2.44 bits per heavy atom. The van der Waals surface area contributed by atoms with Crippen LogP contribution in [0.5, 0.6) is 0 Å². The molecule has 1 fully saturated rings. The summed E-state index contributed by atoms with van der Waals surface area (Å²) in [7, 11) is 0. The normalized spacial score (nSPS) is 35.3. The minimum atomic E-state index is -0.165. The van der Waals surface area contributed by atoms with Crippen molar-refractivity contribution < 1.29 is 14.6 Å². The van der Waals surface area contributed by atoms with Gasteiger partial charge in [-0.15, -0.1) is 0 Å². The van der Waals surface area contributed by atoms with Gasteiger partial charge in [-0.3, -0.25) is 0 Å². The Bertz CT molecular complexity index is 78.3. The number of halogens is 1. The Labute approximate surface area is 62.1 Å². The molecule has 1 N–H and O–H groups in total. The highest BCUT2D eigenvalue weighted by Gasteiger charge is 2.23. The van der Waals surface area contributed by atoms with Crippen molar-refractivity contribution in [2.45, 2.75) is 12.4 Å². The zero-order valence-corrected chi connectivity index (χ0v) is 6.50. The second-order valence-electron chi connectivity index (χ2n) is 1.86. The van der Waals surface area contributed by atoms with Crippen molar-refractivity contribution in [2.75, 3.05) is 18.5 Å². The van der Waals surface area contributed by atoms with E-state index < -0.39 is 0 Å². The van der Waals surface area contributed by atoms with Crippen LogP contribution in [-0.2, 0) is 9.47 Å². The van der Waals surface area contributed by atoms with Crippen LogP contribution < -0.4 is 0 Å². The molecule has 2 atom stereocenters. The maximum atomic E-state index is 8.56. The van der Waals surface area contributed by atoms with Gasteiger partial charge >= 0.3 is 0 Å². The van der Waals surface area contributed by atoms with E-state index in [-0.39, 0.29) is 19.0 Å². The lowest BCUT2D eigenvalue weighted by Crippen LogP contribution is -2.16. The van der Waals surface area contributed by atoms with E-state index in [1.807, 2.05) is 0 Å². The molecular weight excluding hydrogens is 188 g/mol. The van der Waals surface area contributed by atoms with Crippen molar-refractivity contribution in [2.24, 2.45) is 0 Å². The highest BCUT2D eigenvalue weighted by Crippen LogP contribution is 2.12. The first-order valence-electron chi connectivity index (χ1n) is 2.80. The number of ether oxygens (including phenoxy) is 2. The van der Waals surface area contributed by atoms with Gasteiger partial charge in [0.2, 0.25) is 0 Å². The molecule has 0 bridgehead atoms. The summed E-state index contributed by atoms with van der Waals surface area (Å²) in [6, 6.07) is 0. The van der Waals surface area contributed by atoms with Crippen molar-refractivity contribution in [3.8, 4) is 0 Å². The van der Waals surface area contributed by atoms with Crippen LogP contribution in [0.4, 0.5) is 0 Å². The molecule has 0 aliphatic carbocycles. The summed E-state index contributed by atoms with van der Waals surface area (Å²) in [6.45, 7) is 0.552. The summed E-state index contributed by atoms with van der Waals surface area (Å²) in [5.74, 6) is 0. The first-order valence-corrected chi connectivity index (χ1v) is 3.93. The number of hydrogen-bond donors (Lipinski definition) is 1. The molecule has 1 rings (SSSR count). The molecule has 1 heterocycles. The monoisotopic (exact) mass is 196 g/mol. The molecule has 0 radical (unpaired) electrons. The Balaban J connectivity index is 2.20. The lowest BCUT2D eigenvalue weighted by atomic mass is 10.4. The van der Waals surface area contributed by atoms with Crippen LogP contribution in [0.3, 0.4) is 0 Å². The van der Waals surface area contributed by atoms with E-state index in [9.17, 15) is 0 Å². The fourth-order valence-corrected chi connectivity index (χ4v) is 1.02. The van der Waals surface area contributed by atoms with Crippen LogP contribution in [0, 0.1) is 0 Å². The van der Waals surface area contributed by atoms with E-state index in [0.717, 1.165) is 0 Å². The third kappa shape index (κ3) is 1.89. The van der Waals surface area contributed by atoms with Gasteiger partial charge < -0.3 is 14.6 Å². The third-order valence-electron chi connectivity index (χ3n) is 1.14. The molecule has 0 unspecified atom stereocenters. The van der Waals surface area contributed by atoms with E-state index in [0.29, 0.717) is 11.9 Å². The predicted molar refractivity (Wildman–Crippen MR) is 35.5 cm³/mol. The highest BCUT2D eigenvalue weighted by atomic mass is 79.9. The van der Waals surface area contributed by atoms with Gasteiger partial charge in [0.15, 0.2) is 6.29 Å². The Kier molecular flexibility index (Phi) is 2.91. The van der Waals surface area contributed by atoms with Gasteiger partial charge in [0, 0.05) is 0 Å². The summed E-state index contributed by atoms with van der Waals surface area (Å²) < 4.78 is 10.2. The fraction of sp³-hybridized carbons (Fsp3) is 1.00. The SMILES string of the molecule is OC[C@H]1CO[C@@H](CBr)O1. The molecule has 0 spiro atoms. The maximum absolute atomic E-state index is 8.56. The quantitative estimate of drug-likeness (QED) is 0.638. The van der Waals surface area contributed by atoms with Gasteiger partial charge in [0.1, 0.15) is 6.10 Å². The van der Waals surface area contributed by atoms with Crippen LogP contribution >= 0.6 is 15.9 Å². The molecule has 4 heteroatoms. The molecule has 0 amide bonds. The first-order chi connectivity index (χ1) is 4.36. The minimum Gasteiger partial charge on any atom is -0.394 e. The highest BCUT2D eigenvalue weighted by molar-refractivity contribution is 9.09. The molecule has 0 aromatic carbocycles. The minimum absolute atomic E-state index is 0.0451. The van der Waals surface area contributed by atoms with Crippen LogP contribution in [0.25, 0.3) is 0 Å². The predicted octanol–water partition coefficient (Wildman–Crippen LogP) is 0.115. The number of alkyl halides is 1. The van der Waals surface area contributed by atoms with E-state index in [1.54, 1.807) is 0 Å². The molecule has 0 aromatic rings. The summed E-state index contributed by atoms with van der Waals surface area (Å²) >= 11 is 3.20. The van der Waals surface area contributed by atoms with Gasteiger partial charge in [-0.05, 0) is 0 Å². The average molecular weight is 197 g/mol. The summed E-state index contributed by atoms with van der Waals surface area (Å²) in [5.41, 5.74) is 0. The first kappa shape index (κ1) is 7.47. The third-order valence-corrected chi connectivity index (χ3v) is 1.67. The van der Waals surface area contributed by atoms with E-state index in [2.05, 4.69) is 15.9 Å². The van der Waals surface area contributed by atoms with Crippen LogP contribution in [0.1, 0.15) is 0 Å². The van der Waals surface area contributed by atoms with E-state index in [1.165, 1.54) is 0 Å². The van der Waals surface area contributed by atoms with Crippen molar-refractivity contribution >= 4 is 15.9 Å². The maximum Gasteiger partial charge on any atom is 0.167 e. The smallest absolute Gasteiger partial charge is 0.167 e. The summed E-state index contributed by atoms with van der Waals surface area (Å²) in [5, 5.41) is 9.23. The van der Waals surface area contributed by atoms with Crippen molar-refractivity contribution in [3.63, 3.8) is 0 Å². The number of aliphatic hydroxyl groups excluding tert-OH is 1. The zero-order valence-electron chi connectivity index (χ0n) is 4.92. The zero-order chi connectivity index (χ0) is 6.69. The standard InChI is InChI=1S/C5H9BrO3/c6-1-5-8-3-4(2-7)9-5/h4-5,7H,1-3H2/t4-,5+/m0/s1. The topological polar surface area (TPSA) is 38.7 Å². The molecule has 9 heavy (non-hydrogen) atoms. The van der Waals surface area contributed by atoms with Gasteiger partial charge in [0.25, 0.3) is 0 Å². The number of rotatable bonds is 2. The number of aliphatic hydroxyl groups is 1. The van der Waals surface area contributed by atoms with Gasteiger partial charge in [-0.1, -0.05) is 15.9 Å². The Hall–Kier alpha value is 0.360. The van der Waals surface area contributed by atoms with Crippen LogP contribution in [-0.4, -0.2) is 36.0 Å². The molecular formula is C5H9BrO3. The lowest BCUT2D eigenvalue weighted by Gasteiger charge is -2.04. The molecule has 0 saturated carbocycles. The number of hydrogen-bond acceptors (Lipinski definition) is 3. The fourth-order valence-electron chi connectivity index (χ4n) is 0.685.